The molecule has 0 spiro atoms. The fourth-order valence-electron chi connectivity index (χ4n) is 2.78. The molecule has 0 fully saturated rings. The Kier molecular flexibility index (Phi) is 5.11. The van der Waals surface area contributed by atoms with Crippen molar-refractivity contribution in [2.75, 3.05) is 0 Å². The van der Waals surface area contributed by atoms with E-state index in [4.69, 9.17) is 0 Å². The molecule has 2 heterocycles. The third kappa shape index (κ3) is 3.55. The number of carbonyl (C=O) groups is 1. The molecule has 1 unspecified atom stereocenters. The quantitative estimate of drug-likeness (QED) is 0.490. The second kappa shape index (κ2) is 7.14. The molecule has 3 rings (SSSR count). The summed E-state index contributed by atoms with van der Waals surface area (Å²) in [5, 5.41) is 10.7. The van der Waals surface area contributed by atoms with Crippen LogP contribution in [0.15, 0.2) is 29.3 Å². The van der Waals surface area contributed by atoms with Crippen molar-refractivity contribution in [2.24, 2.45) is 0 Å². The predicted molar refractivity (Wildman–Crippen MR) is 105 cm³/mol. The maximum Gasteiger partial charge on any atom is 0.317 e. The lowest BCUT2D eigenvalue weighted by Gasteiger charge is -2.11. The van der Waals surface area contributed by atoms with Crippen LogP contribution in [-0.2, 0) is 4.79 Å². The molecule has 0 saturated carbocycles. The smallest absolute Gasteiger partial charge is 0.317 e. The number of carboxylic acid groups (broad SMARTS) is 1. The van der Waals surface area contributed by atoms with Crippen molar-refractivity contribution in [3.05, 3.63) is 40.5 Å². The van der Waals surface area contributed by atoms with Crippen LogP contribution in [0.5, 0.6) is 0 Å². The molecule has 6 heteroatoms. The van der Waals surface area contributed by atoms with Crippen LogP contribution in [0.3, 0.4) is 0 Å². The van der Waals surface area contributed by atoms with Gasteiger partial charge in [0.05, 0.1) is 5.39 Å². The summed E-state index contributed by atoms with van der Waals surface area (Å²) in [6.45, 7) is 7.89. The number of benzene rings is 1. The molecule has 130 valence electrons. The van der Waals surface area contributed by atoms with Crippen LogP contribution in [0.4, 0.5) is 0 Å². The van der Waals surface area contributed by atoms with Gasteiger partial charge in [-0.2, -0.15) is 0 Å². The zero-order chi connectivity index (χ0) is 18.1. The van der Waals surface area contributed by atoms with E-state index >= 15 is 0 Å². The predicted octanol–water partition coefficient (Wildman–Crippen LogP) is 5.24. The number of rotatable bonds is 5. The molecule has 3 aromatic rings. The molecule has 0 radical (unpaired) electrons. The minimum Gasteiger partial charge on any atom is -0.480 e. The Morgan fingerprint density at radius 1 is 1.20 bits per heavy atom. The molecule has 0 aliphatic heterocycles. The second-order valence-electron chi connectivity index (χ2n) is 6.01. The van der Waals surface area contributed by atoms with E-state index in [0.717, 1.165) is 26.4 Å². The number of thioether (sulfide) groups is 1. The van der Waals surface area contributed by atoms with E-state index in [2.05, 4.69) is 48.1 Å². The number of hydrogen-bond donors (Lipinski definition) is 1. The summed E-state index contributed by atoms with van der Waals surface area (Å²) in [7, 11) is 0. The minimum atomic E-state index is -0.805. The van der Waals surface area contributed by atoms with Gasteiger partial charge >= 0.3 is 5.97 Å². The lowest BCUT2D eigenvalue weighted by atomic mass is 10.0. The number of hydrogen-bond acceptors (Lipinski definition) is 5. The molecule has 0 amide bonds. The van der Waals surface area contributed by atoms with Gasteiger partial charge in [-0.3, -0.25) is 4.79 Å². The summed E-state index contributed by atoms with van der Waals surface area (Å²) in [6, 6.07) is 8.39. The molecule has 1 N–H and O–H groups in total. The number of carboxylic acids is 1. The number of aryl methyl sites for hydroxylation is 3. The van der Waals surface area contributed by atoms with Gasteiger partial charge in [0.25, 0.3) is 0 Å². The van der Waals surface area contributed by atoms with E-state index in [0.29, 0.717) is 12.2 Å². The van der Waals surface area contributed by atoms with Crippen molar-refractivity contribution in [1.82, 2.24) is 9.97 Å². The molecule has 1 atom stereocenters. The first-order valence-electron chi connectivity index (χ1n) is 8.15. The van der Waals surface area contributed by atoms with E-state index in [1.165, 1.54) is 22.2 Å². The Labute approximate surface area is 155 Å². The van der Waals surface area contributed by atoms with Crippen LogP contribution in [0.1, 0.15) is 29.6 Å². The Balaban J connectivity index is 2.22. The Hall–Kier alpha value is -1.92. The minimum absolute atomic E-state index is 0.511. The molecular weight excluding hydrogens is 352 g/mol. The summed E-state index contributed by atoms with van der Waals surface area (Å²) in [4.78, 5) is 22.8. The third-order valence-corrected chi connectivity index (χ3v) is 6.38. The van der Waals surface area contributed by atoms with Crippen molar-refractivity contribution in [2.45, 2.75) is 44.4 Å². The third-order valence-electron chi connectivity index (χ3n) is 4.05. The highest BCUT2D eigenvalue weighted by Gasteiger charge is 2.23. The number of nitrogens with zero attached hydrogens (tertiary/aromatic N) is 2. The van der Waals surface area contributed by atoms with E-state index in [9.17, 15) is 9.90 Å². The molecule has 4 nitrogen and oxygen atoms in total. The number of aliphatic carboxylic acids is 1. The van der Waals surface area contributed by atoms with Crippen LogP contribution in [-0.4, -0.2) is 26.3 Å². The lowest BCUT2D eigenvalue weighted by molar-refractivity contribution is -0.136. The van der Waals surface area contributed by atoms with Gasteiger partial charge in [0.1, 0.15) is 20.9 Å². The van der Waals surface area contributed by atoms with Crippen LogP contribution >= 0.6 is 23.1 Å². The lowest BCUT2D eigenvalue weighted by Crippen LogP contribution is -2.15. The SMILES string of the molecule is CCC(Sc1nc(C)nc2sc(C)c(-c3ccc(C)cc3)c12)C(=O)O. The highest BCUT2D eigenvalue weighted by molar-refractivity contribution is 8.00. The second-order valence-corrected chi connectivity index (χ2v) is 8.40. The van der Waals surface area contributed by atoms with Gasteiger partial charge in [-0.25, -0.2) is 9.97 Å². The monoisotopic (exact) mass is 372 g/mol. The topological polar surface area (TPSA) is 63.1 Å². The van der Waals surface area contributed by atoms with E-state index in [1.54, 1.807) is 11.3 Å². The first kappa shape index (κ1) is 17.9. The van der Waals surface area contributed by atoms with Gasteiger partial charge in [-0.15, -0.1) is 11.3 Å². The summed E-state index contributed by atoms with van der Waals surface area (Å²) in [5.41, 5.74) is 3.44. The molecule has 2 aromatic heterocycles. The van der Waals surface area contributed by atoms with Gasteiger partial charge in [0.15, 0.2) is 0 Å². The fourth-order valence-corrected chi connectivity index (χ4v) is 4.97. The van der Waals surface area contributed by atoms with Gasteiger partial charge in [0.2, 0.25) is 0 Å². The molecule has 0 saturated heterocycles. The highest BCUT2D eigenvalue weighted by Crippen LogP contribution is 2.42. The summed E-state index contributed by atoms with van der Waals surface area (Å²) in [5.74, 6) is -0.132. The summed E-state index contributed by atoms with van der Waals surface area (Å²) < 4.78 is 0. The van der Waals surface area contributed by atoms with Crippen LogP contribution in [0, 0.1) is 20.8 Å². The summed E-state index contributed by atoms with van der Waals surface area (Å²) in [6.07, 6.45) is 0.549. The largest absolute Gasteiger partial charge is 0.480 e. The highest BCUT2D eigenvalue weighted by atomic mass is 32.2. The van der Waals surface area contributed by atoms with E-state index in [-0.39, 0.29) is 0 Å². The van der Waals surface area contributed by atoms with Crippen molar-refractivity contribution >= 4 is 39.3 Å². The normalized spacial score (nSPS) is 12.5. The molecule has 0 bridgehead atoms. The zero-order valence-corrected chi connectivity index (χ0v) is 16.3. The van der Waals surface area contributed by atoms with Crippen LogP contribution in [0.2, 0.25) is 0 Å². The number of fused-ring (bicyclic) bond motifs is 1. The van der Waals surface area contributed by atoms with E-state index < -0.39 is 11.2 Å². The maximum absolute atomic E-state index is 11.5. The average Bonchev–Trinajstić information content (AvgIpc) is 2.88. The molecule has 0 aliphatic carbocycles. The fraction of sp³-hybridized carbons (Fsp3) is 0.316. The van der Waals surface area contributed by atoms with Crippen LogP contribution in [0.25, 0.3) is 21.3 Å². The van der Waals surface area contributed by atoms with Gasteiger partial charge < -0.3 is 5.11 Å². The van der Waals surface area contributed by atoms with Crippen molar-refractivity contribution in [1.29, 1.82) is 0 Å². The van der Waals surface area contributed by atoms with Crippen molar-refractivity contribution in [3.8, 4) is 11.1 Å². The van der Waals surface area contributed by atoms with E-state index in [1.807, 2.05) is 13.8 Å². The first-order chi connectivity index (χ1) is 11.9. The Morgan fingerprint density at radius 2 is 1.88 bits per heavy atom. The van der Waals surface area contributed by atoms with Gasteiger partial charge in [-0.1, -0.05) is 48.5 Å². The Bertz CT molecular complexity index is 933. The average molecular weight is 373 g/mol. The zero-order valence-electron chi connectivity index (χ0n) is 14.7. The van der Waals surface area contributed by atoms with Crippen molar-refractivity contribution in [3.63, 3.8) is 0 Å². The van der Waals surface area contributed by atoms with Gasteiger partial charge in [-0.05, 0) is 32.8 Å². The molecule has 1 aromatic carbocycles. The first-order valence-corrected chi connectivity index (χ1v) is 9.84. The van der Waals surface area contributed by atoms with Gasteiger partial charge in [0, 0.05) is 10.4 Å². The molecule has 25 heavy (non-hydrogen) atoms. The number of aromatic nitrogens is 2. The molecule has 0 aliphatic rings. The summed E-state index contributed by atoms with van der Waals surface area (Å²) >= 11 is 2.96. The number of thiophene rings is 1. The standard InChI is InChI=1S/C19H20N2O2S2/c1-5-14(19(22)23)25-18-16-15(13-8-6-10(2)7-9-13)11(3)24-17(16)20-12(4)21-18/h6-9,14H,5H2,1-4H3,(H,22,23). The van der Waals surface area contributed by atoms with Crippen LogP contribution < -0.4 is 0 Å². The van der Waals surface area contributed by atoms with Crippen molar-refractivity contribution < 1.29 is 9.90 Å². The Morgan fingerprint density at radius 3 is 2.48 bits per heavy atom. The maximum atomic E-state index is 11.5. The molecular formula is C19H20N2O2S2.